The average molecular weight is 310 g/mol. The summed E-state index contributed by atoms with van der Waals surface area (Å²) in [5.41, 5.74) is 0. The molecule has 1 saturated heterocycles. The Morgan fingerprint density at radius 1 is 1.32 bits per heavy atom. The van der Waals surface area contributed by atoms with Crippen molar-refractivity contribution in [3.8, 4) is 0 Å². The fourth-order valence-electron chi connectivity index (χ4n) is 3.83. The third-order valence-electron chi connectivity index (χ3n) is 5.37. The molecule has 1 saturated carbocycles. The summed E-state index contributed by atoms with van der Waals surface area (Å²) in [6, 6.07) is 0.348. The number of aliphatic hydroxyl groups is 1. The molecule has 126 valence electrons. The van der Waals surface area contributed by atoms with E-state index in [-0.39, 0.29) is 23.7 Å². The molecule has 0 radical (unpaired) electrons. The molecule has 5 nitrogen and oxygen atoms in total. The number of rotatable bonds is 7. The molecule has 1 aliphatic carbocycles. The number of amides is 2. The van der Waals surface area contributed by atoms with Crippen molar-refractivity contribution < 1.29 is 14.7 Å². The first-order valence-electron chi connectivity index (χ1n) is 8.82. The van der Waals surface area contributed by atoms with E-state index < -0.39 is 6.10 Å². The van der Waals surface area contributed by atoms with Gasteiger partial charge in [-0.2, -0.15) is 0 Å². The number of likely N-dealkylation sites (tertiary alicyclic amines) is 1. The van der Waals surface area contributed by atoms with Gasteiger partial charge < -0.3 is 15.3 Å². The highest BCUT2D eigenvalue weighted by atomic mass is 16.3. The van der Waals surface area contributed by atoms with Gasteiger partial charge in [0.05, 0.1) is 12.0 Å². The molecule has 2 fully saturated rings. The average Bonchev–Trinajstić information content (AvgIpc) is 3.15. The minimum atomic E-state index is -0.498. The maximum atomic E-state index is 12.3. The molecule has 2 N–H and O–H groups in total. The van der Waals surface area contributed by atoms with E-state index in [1.165, 1.54) is 12.8 Å². The Balaban J connectivity index is 1.79. The van der Waals surface area contributed by atoms with Crippen LogP contribution in [-0.2, 0) is 9.59 Å². The third kappa shape index (κ3) is 4.00. The smallest absolute Gasteiger partial charge is 0.225 e. The molecule has 0 aromatic carbocycles. The molecule has 0 spiro atoms. The molecular weight excluding hydrogens is 280 g/mol. The molecule has 0 bridgehead atoms. The zero-order valence-electron chi connectivity index (χ0n) is 13.9. The Labute approximate surface area is 133 Å². The molecule has 2 amide bonds. The van der Waals surface area contributed by atoms with E-state index in [1.54, 1.807) is 0 Å². The molecule has 0 aromatic heterocycles. The van der Waals surface area contributed by atoms with Gasteiger partial charge in [-0.05, 0) is 18.8 Å². The van der Waals surface area contributed by atoms with Crippen LogP contribution in [0.3, 0.4) is 0 Å². The van der Waals surface area contributed by atoms with E-state index in [0.29, 0.717) is 25.6 Å². The molecule has 1 aliphatic heterocycles. The summed E-state index contributed by atoms with van der Waals surface area (Å²) in [4.78, 5) is 26.3. The van der Waals surface area contributed by atoms with Gasteiger partial charge in [-0.15, -0.1) is 0 Å². The highest BCUT2D eigenvalue weighted by Gasteiger charge is 2.38. The van der Waals surface area contributed by atoms with Crippen molar-refractivity contribution in [3.63, 3.8) is 0 Å². The molecule has 22 heavy (non-hydrogen) atoms. The van der Waals surface area contributed by atoms with E-state index >= 15 is 0 Å². The van der Waals surface area contributed by atoms with Crippen LogP contribution in [0.5, 0.6) is 0 Å². The molecule has 0 aromatic rings. The van der Waals surface area contributed by atoms with Crippen LogP contribution in [0.25, 0.3) is 0 Å². The first kappa shape index (κ1) is 17.3. The second-order valence-electron chi connectivity index (χ2n) is 6.77. The zero-order valence-corrected chi connectivity index (χ0v) is 13.9. The van der Waals surface area contributed by atoms with E-state index in [2.05, 4.69) is 5.32 Å². The highest BCUT2D eigenvalue weighted by molar-refractivity contribution is 5.89. The van der Waals surface area contributed by atoms with Crippen LogP contribution in [0, 0.1) is 11.8 Å². The van der Waals surface area contributed by atoms with Crippen LogP contribution in [0.2, 0.25) is 0 Å². The van der Waals surface area contributed by atoms with Gasteiger partial charge in [0.15, 0.2) is 0 Å². The largest absolute Gasteiger partial charge is 0.391 e. The molecule has 2 unspecified atom stereocenters. The number of hydrogen-bond acceptors (Lipinski definition) is 3. The second-order valence-corrected chi connectivity index (χ2v) is 6.77. The number of nitrogens with zero attached hydrogens (tertiary/aromatic N) is 1. The number of hydrogen-bond donors (Lipinski definition) is 2. The van der Waals surface area contributed by atoms with Gasteiger partial charge in [-0.3, -0.25) is 9.59 Å². The number of carbonyl (C=O) groups is 2. The first-order chi connectivity index (χ1) is 10.6. The van der Waals surface area contributed by atoms with Crippen molar-refractivity contribution >= 4 is 11.8 Å². The maximum Gasteiger partial charge on any atom is 0.225 e. The van der Waals surface area contributed by atoms with Crippen molar-refractivity contribution in [2.24, 2.45) is 11.8 Å². The number of aliphatic hydroxyl groups excluding tert-OH is 1. The molecule has 2 aliphatic rings. The number of nitrogens with one attached hydrogen (secondary N) is 1. The van der Waals surface area contributed by atoms with Crippen LogP contribution in [0.4, 0.5) is 0 Å². The zero-order chi connectivity index (χ0) is 16.1. The summed E-state index contributed by atoms with van der Waals surface area (Å²) in [6.07, 6.45) is 6.17. The lowest BCUT2D eigenvalue weighted by molar-refractivity contribution is -0.130. The predicted octanol–water partition coefficient (Wildman–Crippen LogP) is 1.69. The number of carbonyl (C=O) groups excluding carboxylic acids is 2. The third-order valence-corrected chi connectivity index (χ3v) is 5.37. The van der Waals surface area contributed by atoms with Crippen LogP contribution in [-0.4, -0.2) is 47.1 Å². The quantitative estimate of drug-likeness (QED) is 0.752. The second kappa shape index (κ2) is 7.95. The maximum absolute atomic E-state index is 12.3. The van der Waals surface area contributed by atoms with Gasteiger partial charge in [0.1, 0.15) is 0 Å². The Morgan fingerprint density at radius 3 is 2.55 bits per heavy atom. The molecule has 2 rings (SSSR count). The normalized spacial score (nSPS) is 24.3. The van der Waals surface area contributed by atoms with E-state index in [0.717, 1.165) is 25.7 Å². The van der Waals surface area contributed by atoms with Crippen molar-refractivity contribution in [1.29, 1.82) is 0 Å². The Morgan fingerprint density at radius 2 is 1.95 bits per heavy atom. The van der Waals surface area contributed by atoms with Gasteiger partial charge in [-0.25, -0.2) is 0 Å². The summed E-state index contributed by atoms with van der Waals surface area (Å²) in [5.74, 6) is 0.00828. The highest BCUT2D eigenvalue weighted by Crippen LogP contribution is 2.29. The van der Waals surface area contributed by atoms with Crippen LogP contribution in [0.1, 0.15) is 58.8 Å². The van der Waals surface area contributed by atoms with Crippen LogP contribution >= 0.6 is 0 Å². The van der Waals surface area contributed by atoms with E-state index in [4.69, 9.17) is 0 Å². The summed E-state index contributed by atoms with van der Waals surface area (Å²) in [7, 11) is 0. The fraction of sp³-hybridized carbons (Fsp3) is 0.882. The van der Waals surface area contributed by atoms with E-state index in [1.807, 2.05) is 18.7 Å². The van der Waals surface area contributed by atoms with Crippen molar-refractivity contribution in [1.82, 2.24) is 10.2 Å². The topological polar surface area (TPSA) is 69.6 Å². The Bertz CT molecular complexity index is 389. The Kier molecular flexibility index (Phi) is 6.24. The van der Waals surface area contributed by atoms with Crippen LogP contribution in [0.15, 0.2) is 0 Å². The van der Waals surface area contributed by atoms with Gasteiger partial charge in [-0.1, -0.05) is 39.5 Å². The summed E-state index contributed by atoms with van der Waals surface area (Å²) in [6.45, 7) is 4.94. The lowest BCUT2D eigenvalue weighted by atomic mass is 9.96. The molecule has 2 atom stereocenters. The predicted molar refractivity (Wildman–Crippen MR) is 85.2 cm³/mol. The van der Waals surface area contributed by atoms with Gasteiger partial charge in [0.2, 0.25) is 11.8 Å². The standard InChI is InChI=1S/C17H30N2O3/c1-3-12(4-2)15(20)10-18-17(22)13-9-16(21)19(11-13)14-7-5-6-8-14/h12-15,20H,3-11H2,1-2H3,(H,18,22). The van der Waals surface area contributed by atoms with Crippen LogP contribution < -0.4 is 5.32 Å². The van der Waals surface area contributed by atoms with Gasteiger partial charge >= 0.3 is 0 Å². The van der Waals surface area contributed by atoms with E-state index in [9.17, 15) is 14.7 Å². The van der Waals surface area contributed by atoms with Crippen molar-refractivity contribution in [2.45, 2.75) is 70.9 Å². The molecule has 5 heteroatoms. The minimum absolute atomic E-state index is 0.0844. The molecule has 1 heterocycles. The summed E-state index contributed by atoms with van der Waals surface area (Å²) < 4.78 is 0. The summed E-state index contributed by atoms with van der Waals surface area (Å²) >= 11 is 0. The lowest BCUT2D eigenvalue weighted by Crippen LogP contribution is -2.40. The lowest BCUT2D eigenvalue weighted by Gasteiger charge is -2.24. The minimum Gasteiger partial charge on any atom is -0.391 e. The van der Waals surface area contributed by atoms with Crippen molar-refractivity contribution in [3.05, 3.63) is 0 Å². The van der Waals surface area contributed by atoms with Gasteiger partial charge in [0.25, 0.3) is 0 Å². The summed E-state index contributed by atoms with van der Waals surface area (Å²) in [5, 5.41) is 12.9. The van der Waals surface area contributed by atoms with Gasteiger partial charge in [0, 0.05) is 25.6 Å². The van der Waals surface area contributed by atoms with Crippen molar-refractivity contribution in [2.75, 3.05) is 13.1 Å². The monoisotopic (exact) mass is 310 g/mol. The molecular formula is C17H30N2O3. The Hall–Kier alpha value is -1.10. The SMILES string of the molecule is CCC(CC)C(O)CNC(=O)C1CC(=O)N(C2CCCC2)C1. The first-order valence-corrected chi connectivity index (χ1v) is 8.82. The fourth-order valence-corrected chi connectivity index (χ4v) is 3.83.